The van der Waals surface area contributed by atoms with Crippen LogP contribution >= 0.6 is 12.2 Å². The Labute approximate surface area is 118 Å². The number of nitrogens with one attached hydrogen (secondary N) is 2. The Morgan fingerprint density at radius 1 is 1.17 bits per heavy atom. The highest BCUT2D eigenvalue weighted by atomic mass is 32.1. The number of hydrogen-bond acceptors (Lipinski definition) is 2. The molecule has 0 bridgehead atoms. The van der Waals surface area contributed by atoms with Crippen LogP contribution in [0.25, 0.3) is 0 Å². The van der Waals surface area contributed by atoms with E-state index in [1.165, 1.54) is 25.7 Å². The summed E-state index contributed by atoms with van der Waals surface area (Å²) in [6.45, 7) is 10.9. The van der Waals surface area contributed by atoms with Crippen molar-refractivity contribution in [1.29, 1.82) is 0 Å². The highest BCUT2D eigenvalue weighted by Crippen LogP contribution is 2.17. The van der Waals surface area contributed by atoms with Gasteiger partial charge in [0.1, 0.15) is 0 Å². The molecule has 0 saturated heterocycles. The van der Waals surface area contributed by atoms with E-state index in [9.17, 15) is 0 Å². The molecule has 0 atom stereocenters. The van der Waals surface area contributed by atoms with Gasteiger partial charge in [-0.25, -0.2) is 0 Å². The zero-order chi connectivity index (χ0) is 13.5. The predicted molar refractivity (Wildman–Crippen MR) is 83.0 cm³/mol. The maximum absolute atomic E-state index is 5.33. The second kappa shape index (κ2) is 7.95. The summed E-state index contributed by atoms with van der Waals surface area (Å²) < 4.78 is 0. The fourth-order valence-corrected chi connectivity index (χ4v) is 2.99. The molecule has 18 heavy (non-hydrogen) atoms. The van der Waals surface area contributed by atoms with Crippen LogP contribution in [0.2, 0.25) is 0 Å². The molecule has 1 rings (SSSR count). The lowest BCUT2D eigenvalue weighted by molar-refractivity contribution is 0.178. The summed E-state index contributed by atoms with van der Waals surface area (Å²) >= 11 is 5.33. The van der Waals surface area contributed by atoms with E-state index in [0.29, 0.717) is 18.1 Å². The smallest absolute Gasteiger partial charge is 0.166 e. The van der Waals surface area contributed by atoms with Gasteiger partial charge in [-0.2, -0.15) is 0 Å². The van der Waals surface area contributed by atoms with Crippen molar-refractivity contribution in [3.05, 3.63) is 0 Å². The summed E-state index contributed by atoms with van der Waals surface area (Å²) in [7, 11) is 0. The maximum atomic E-state index is 5.33. The first-order valence-corrected chi connectivity index (χ1v) is 7.71. The van der Waals surface area contributed by atoms with Crippen LogP contribution in [0.15, 0.2) is 0 Å². The van der Waals surface area contributed by atoms with Gasteiger partial charge >= 0.3 is 0 Å². The first-order chi connectivity index (χ1) is 8.50. The molecule has 0 heterocycles. The molecule has 0 aromatic heterocycles. The molecule has 0 aromatic rings. The second-order valence-corrected chi connectivity index (χ2v) is 6.22. The van der Waals surface area contributed by atoms with Crippen molar-refractivity contribution in [2.24, 2.45) is 0 Å². The van der Waals surface area contributed by atoms with Crippen LogP contribution in [0.3, 0.4) is 0 Å². The summed E-state index contributed by atoms with van der Waals surface area (Å²) in [4.78, 5) is 2.48. The molecule has 0 aromatic carbocycles. The van der Waals surface area contributed by atoms with E-state index >= 15 is 0 Å². The van der Waals surface area contributed by atoms with Gasteiger partial charge in [-0.3, -0.25) is 4.90 Å². The van der Waals surface area contributed by atoms with Gasteiger partial charge in [-0.05, 0) is 52.8 Å². The average Bonchev–Trinajstić information content (AvgIpc) is 2.75. The Bertz CT molecular complexity index is 239. The molecule has 1 aliphatic rings. The molecule has 4 heteroatoms. The van der Waals surface area contributed by atoms with Crippen molar-refractivity contribution in [2.45, 2.75) is 71.5 Å². The summed E-state index contributed by atoms with van der Waals surface area (Å²) in [6, 6.07) is 1.78. The average molecular weight is 271 g/mol. The molecule has 1 fully saturated rings. The lowest BCUT2D eigenvalue weighted by Crippen LogP contribution is -2.46. The largest absolute Gasteiger partial charge is 0.361 e. The Hall–Kier alpha value is -0.350. The van der Waals surface area contributed by atoms with Crippen LogP contribution in [0, 0.1) is 0 Å². The second-order valence-electron chi connectivity index (χ2n) is 5.81. The number of rotatable bonds is 6. The molecular formula is C14H29N3S. The van der Waals surface area contributed by atoms with Crippen molar-refractivity contribution in [1.82, 2.24) is 15.5 Å². The lowest BCUT2D eigenvalue weighted by atomic mass is 10.2. The molecule has 3 nitrogen and oxygen atoms in total. The fraction of sp³-hybridized carbons (Fsp3) is 0.929. The third-order valence-electron chi connectivity index (χ3n) is 3.67. The summed E-state index contributed by atoms with van der Waals surface area (Å²) in [5.41, 5.74) is 0. The van der Waals surface area contributed by atoms with Gasteiger partial charge in [0.25, 0.3) is 0 Å². The highest BCUT2D eigenvalue weighted by Gasteiger charge is 2.16. The van der Waals surface area contributed by atoms with Crippen LogP contribution < -0.4 is 10.6 Å². The molecule has 0 radical (unpaired) electrons. The van der Waals surface area contributed by atoms with Gasteiger partial charge in [0.05, 0.1) is 0 Å². The highest BCUT2D eigenvalue weighted by molar-refractivity contribution is 7.80. The first kappa shape index (κ1) is 15.7. The van der Waals surface area contributed by atoms with E-state index < -0.39 is 0 Å². The van der Waals surface area contributed by atoms with Gasteiger partial charge in [0.15, 0.2) is 5.11 Å². The van der Waals surface area contributed by atoms with Crippen LogP contribution in [-0.2, 0) is 0 Å². The lowest BCUT2D eigenvalue weighted by Gasteiger charge is -2.30. The molecule has 0 aliphatic heterocycles. The number of hydrogen-bond donors (Lipinski definition) is 2. The van der Waals surface area contributed by atoms with Gasteiger partial charge in [0, 0.05) is 31.2 Å². The van der Waals surface area contributed by atoms with Gasteiger partial charge in [-0.15, -0.1) is 0 Å². The Morgan fingerprint density at radius 2 is 1.72 bits per heavy atom. The van der Waals surface area contributed by atoms with E-state index in [4.69, 9.17) is 12.2 Å². The van der Waals surface area contributed by atoms with Crippen molar-refractivity contribution in [3.63, 3.8) is 0 Å². The van der Waals surface area contributed by atoms with E-state index in [2.05, 4.69) is 43.2 Å². The van der Waals surface area contributed by atoms with Crippen LogP contribution in [0.1, 0.15) is 53.4 Å². The Kier molecular flexibility index (Phi) is 6.94. The van der Waals surface area contributed by atoms with E-state index in [1.54, 1.807) is 0 Å². The first-order valence-electron chi connectivity index (χ1n) is 7.30. The third kappa shape index (κ3) is 5.53. The van der Waals surface area contributed by atoms with E-state index in [1.807, 2.05) is 0 Å². The molecule has 0 spiro atoms. The molecule has 0 amide bonds. The predicted octanol–water partition coefficient (Wildman–Crippen LogP) is 2.51. The minimum atomic E-state index is 0.586. The molecule has 2 N–H and O–H groups in total. The molecule has 106 valence electrons. The van der Waals surface area contributed by atoms with Gasteiger partial charge in [0.2, 0.25) is 0 Å². The molecule has 1 saturated carbocycles. The van der Waals surface area contributed by atoms with Crippen molar-refractivity contribution >= 4 is 17.3 Å². The minimum absolute atomic E-state index is 0.586. The quantitative estimate of drug-likeness (QED) is 0.726. The van der Waals surface area contributed by atoms with Gasteiger partial charge < -0.3 is 10.6 Å². The fourth-order valence-electron chi connectivity index (χ4n) is 2.72. The molecule has 0 unspecified atom stereocenters. The zero-order valence-electron chi connectivity index (χ0n) is 12.3. The van der Waals surface area contributed by atoms with Gasteiger partial charge in [-0.1, -0.05) is 12.8 Å². The normalized spacial score (nSPS) is 16.8. The van der Waals surface area contributed by atoms with Crippen LogP contribution in [0.5, 0.6) is 0 Å². The van der Waals surface area contributed by atoms with Crippen molar-refractivity contribution in [2.75, 3.05) is 13.1 Å². The Morgan fingerprint density at radius 3 is 2.22 bits per heavy atom. The number of nitrogens with zero attached hydrogens (tertiary/aromatic N) is 1. The number of thiocarbonyl (C=S) groups is 1. The molecule has 1 aliphatic carbocycles. The zero-order valence-corrected chi connectivity index (χ0v) is 13.1. The van der Waals surface area contributed by atoms with Crippen molar-refractivity contribution < 1.29 is 0 Å². The monoisotopic (exact) mass is 271 g/mol. The van der Waals surface area contributed by atoms with Crippen LogP contribution in [0.4, 0.5) is 0 Å². The Balaban J connectivity index is 2.17. The summed E-state index contributed by atoms with van der Waals surface area (Å²) in [5.74, 6) is 0. The van der Waals surface area contributed by atoms with E-state index in [-0.39, 0.29) is 0 Å². The van der Waals surface area contributed by atoms with Crippen molar-refractivity contribution in [3.8, 4) is 0 Å². The standard InChI is InChI=1S/C14H29N3S/c1-11(2)17(12(3)4)10-9-15-14(18)16-13-7-5-6-8-13/h11-13H,5-10H2,1-4H3,(H2,15,16,18). The topological polar surface area (TPSA) is 27.3 Å². The minimum Gasteiger partial charge on any atom is -0.361 e. The maximum Gasteiger partial charge on any atom is 0.166 e. The third-order valence-corrected chi connectivity index (χ3v) is 3.93. The summed E-state index contributed by atoms with van der Waals surface area (Å²) in [6.07, 6.45) is 5.22. The summed E-state index contributed by atoms with van der Waals surface area (Å²) in [5, 5.41) is 7.57. The molecular weight excluding hydrogens is 242 g/mol. The van der Waals surface area contributed by atoms with Crippen LogP contribution in [-0.4, -0.2) is 41.2 Å². The van der Waals surface area contributed by atoms with E-state index in [0.717, 1.165) is 18.2 Å². The SMILES string of the molecule is CC(C)N(CCNC(=S)NC1CCCC1)C(C)C.